The Morgan fingerprint density at radius 3 is 2.61 bits per heavy atom. The predicted octanol–water partition coefficient (Wildman–Crippen LogP) is 0.913. The van der Waals surface area contributed by atoms with E-state index in [-0.39, 0.29) is 29.7 Å². The Bertz CT molecular complexity index is 900. The van der Waals surface area contributed by atoms with Crippen molar-refractivity contribution < 1.29 is 9.18 Å². The molecule has 0 saturated carbocycles. The lowest BCUT2D eigenvalue weighted by Gasteiger charge is -2.32. The maximum atomic E-state index is 14.0. The van der Waals surface area contributed by atoms with Crippen LogP contribution in [0.4, 0.5) is 4.39 Å². The van der Waals surface area contributed by atoms with Crippen LogP contribution in [-0.4, -0.2) is 70.8 Å². The third kappa shape index (κ3) is 4.09. The third-order valence-electron chi connectivity index (χ3n) is 5.22. The van der Waals surface area contributed by atoms with Crippen LogP contribution in [0.1, 0.15) is 16.9 Å². The van der Waals surface area contributed by atoms with E-state index in [2.05, 4.69) is 15.3 Å². The normalized spacial score (nSPS) is 20.0. The first kappa shape index (κ1) is 20.4. The zero-order valence-electron chi connectivity index (χ0n) is 15.4. The van der Waals surface area contributed by atoms with Gasteiger partial charge in [0, 0.05) is 51.4 Å². The highest BCUT2D eigenvalue weighted by Gasteiger charge is 2.32. The van der Waals surface area contributed by atoms with Crippen LogP contribution in [0, 0.1) is 5.82 Å². The summed E-state index contributed by atoms with van der Waals surface area (Å²) in [6.45, 7) is 5.23. The molecule has 7 nitrogen and oxygen atoms in total. The summed E-state index contributed by atoms with van der Waals surface area (Å²) >= 11 is 0. The Morgan fingerprint density at radius 1 is 1.11 bits per heavy atom. The fourth-order valence-corrected chi connectivity index (χ4v) is 3.75. The summed E-state index contributed by atoms with van der Waals surface area (Å²) in [5.41, 5.74) is -0.284. The van der Waals surface area contributed by atoms with E-state index in [1.165, 1.54) is 24.3 Å². The van der Waals surface area contributed by atoms with Crippen LogP contribution in [0.2, 0.25) is 0 Å². The molecule has 1 unspecified atom stereocenters. The van der Waals surface area contributed by atoms with Crippen LogP contribution in [0.3, 0.4) is 0 Å². The molecule has 1 amide bonds. The van der Waals surface area contributed by atoms with Crippen molar-refractivity contribution in [3.8, 4) is 5.69 Å². The monoisotopic (exact) mass is 407 g/mol. The number of likely N-dealkylation sites (tertiary alicyclic amines) is 1. The molecule has 150 valence electrons. The third-order valence-corrected chi connectivity index (χ3v) is 5.22. The first-order chi connectivity index (χ1) is 13.1. The molecule has 2 aromatic rings. The van der Waals surface area contributed by atoms with Gasteiger partial charge in [-0.05, 0) is 24.6 Å². The highest BCUT2D eigenvalue weighted by molar-refractivity contribution is 5.92. The van der Waals surface area contributed by atoms with Gasteiger partial charge >= 0.3 is 0 Å². The van der Waals surface area contributed by atoms with Gasteiger partial charge in [0.25, 0.3) is 11.5 Å². The van der Waals surface area contributed by atoms with Crippen LogP contribution in [0.25, 0.3) is 5.69 Å². The molecule has 2 saturated heterocycles. The number of halogens is 2. The van der Waals surface area contributed by atoms with Gasteiger partial charge in [0.1, 0.15) is 17.2 Å². The quantitative estimate of drug-likeness (QED) is 0.819. The van der Waals surface area contributed by atoms with E-state index < -0.39 is 11.4 Å². The molecule has 1 N–H and O–H groups in total. The number of amides is 1. The number of aromatic nitrogens is 2. The second-order valence-corrected chi connectivity index (χ2v) is 6.90. The van der Waals surface area contributed by atoms with E-state index in [9.17, 15) is 14.0 Å². The number of carbonyl (C=O) groups excluding carboxylic acids is 1. The minimum Gasteiger partial charge on any atom is -0.336 e. The zero-order chi connectivity index (χ0) is 18.8. The fourth-order valence-electron chi connectivity index (χ4n) is 3.75. The van der Waals surface area contributed by atoms with Gasteiger partial charge in [0.2, 0.25) is 0 Å². The molecule has 28 heavy (non-hydrogen) atoms. The van der Waals surface area contributed by atoms with Crippen molar-refractivity contribution in [1.82, 2.24) is 24.9 Å². The number of para-hydroxylation sites is 1. The van der Waals surface area contributed by atoms with Gasteiger partial charge in [0.05, 0.1) is 0 Å². The standard InChI is InChI=1S/C19H22FN5O2.ClH/c20-15-3-1-2-4-17(15)25-18(26)6-5-16(22-25)19(27)24-10-7-14(13-24)23-11-8-21-9-12-23;/h1-6,14,21H,7-13H2;1H. The molecule has 1 aromatic carbocycles. The van der Waals surface area contributed by atoms with E-state index in [1.54, 1.807) is 17.0 Å². The molecule has 0 bridgehead atoms. The molecule has 1 atom stereocenters. The van der Waals surface area contributed by atoms with Gasteiger partial charge in [-0.3, -0.25) is 14.5 Å². The van der Waals surface area contributed by atoms with Gasteiger partial charge in [0.15, 0.2) is 0 Å². The maximum absolute atomic E-state index is 14.0. The lowest BCUT2D eigenvalue weighted by Crippen LogP contribution is -2.49. The second kappa shape index (κ2) is 8.81. The Labute approximate surface area is 168 Å². The van der Waals surface area contributed by atoms with Gasteiger partial charge < -0.3 is 10.2 Å². The number of carbonyl (C=O) groups is 1. The minimum absolute atomic E-state index is 0. The van der Waals surface area contributed by atoms with Crippen molar-refractivity contribution >= 4 is 18.3 Å². The molecule has 2 aliphatic rings. The van der Waals surface area contributed by atoms with Gasteiger partial charge in [-0.25, -0.2) is 4.39 Å². The van der Waals surface area contributed by atoms with Crippen molar-refractivity contribution in [3.05, 3.63) is 58.3 Å². The number of nitrogens with zero attached hydrogens (tertiary/aromatic N) is 4. The van der Waals surface area contributed by atoms with Crippen LogP contribution in [-0.2, 0) is 0 Å². The van der Waals surface area contributed by atoms with Crippen molar-refractivity contribution in [2.24, 2.45) is 0 Å². The van der Waals surface area contributed by atoms with Crippen LogP contribution >= 0.6 is 12.4 Å². The largest absolute Gasteiger partial charge is 0.336 e. The first-order valence-electron chi connectivity index (χ1n) is 9.23. The topological polar surface area (TPSA) is 70.5 Å². The molecule has 2 aliphatic heterocycles. The summed E-state index contributed by atoms with van der Waals surface area (Å²) in [7, 11) is 0. The number of hydrogen-bond donors (Lipinski definition) is 1. The van der Waals surface area contributed by atoms with E-state index in [4.69, 9.17) is 0 Å². The predicted molar refractivity (Wildman–Crippen MR) is 106 cm³/mol. The van der Waals surface area contributed by atoms with Crippen LogP contribution in [0.15, 0.2) is 41.2 Å². The van der Waals surface area contributed by atoms with E-state index in [0.717, 1.165) is 37.3 Å². The number of benzene rings is 1. The number of nitrogens with one attached hydrogen (secondary N) is 1. The Hall–Kier alpha value is -2.29. The van der Waals surface area contributed by atoms with Crippen molar-refractivity contribution in [2.75, 3.05) is 39.3 Å². The Kier molecular flexibility index (Phi) is 6.43. The molecule has 4 rings (SSSR count). The van der Waals surface area contributed by atoms with E-state index in [1.807, 2.05) is 0 Å². The molecular weight excluding hydrogens is 385 g/mol. The Morgan fingerprint density at radius 2 is 1.86 bits per heavy atom. The lowest BCUT2D eigenvalue weighted by atomic mass is 10.2. The van der Waals surface area contributed by atoms with E-state index in [0.29, 0.717) is 19.1 Å². The molecule has 0 radical (unpaired) electrons. The van der Waals surface area contributed by atoms with Gasteiger partial charge in [-0.1, -0.05) is 12.1 Å². The molecule has 9 heteroatoms. The lowest BCUT2D eigenvalue weighted by molar-refractivity contribution is 0.0765. The number of rotatable bonds is 3. The minimum atomic E-state index is -0.559. The average Bonchev–Trinajstić information content (AvgIpc) is 3.19. The second-order valence-electron chi connectivity index (χ2n) is 6.90. The van der Waals surface area contributed by atoms with Crippen molar-refractivity contribution in [1.29, 1.82) is 0 Å². The molecule has 0 aliphatic carbocycles. The molecule has 0 spiro atoms. The molecular formula is C19H23ClFN5O2. The summed E-state index contributed by atoms with van der Waals surface area (Å²) in [6.07, 6.45) is 0.929. The smallest absolute Gasteiger partial charge is 0.274 e. The highest BCUT2D eigenvalue weighted by atomic mass is 35.5. The van der Waals surface area contributed by atoms with Crippen LogP contribution in [0.5, 0.6) is 0 Å². The summed E-state index contributed by atoms with van der Waals surface area (Å²) in [5, 5.41) is 7.47. The molecule has 3 heterocycles. The summed E-state index contributed by atoms with van der Waals surface area (Å²) in [6, 6.07) is 8.92. The fraction of sp³-hybridized carbons (Fsp3) is 0.421. The summed E-state index contributed by atoms with van der Waals surface area (Å²) in [4.78, 5) is 29.2. The van der Waals surface area contributed by atoms with Gasteiger partial charge in [-0.15, -0.1) is 12.4 Å². The molecule has 2 fully saturated rings. The summed E-state index contributed by atoms with van der Waals surface area (Å²) < 4.78 is 15.0. The van der Waals surface area contributed by atoms with E-state index >= 15 is 0 Å². The molecule has 1 aromatic heterocycles. The highest BCUT2D eigenvalue weighted by Crippen LogP contribution is 2.18. The van der Waals surface area contributed by atoms with Crippen molar-refractivity contribution in [3.63, 3.8) is 0 Å². The number of piperazine rings is 1. The maximum Gasteiger partial charge on any atom is 0.274 e. The first-order valence-corrected chi connectivity index (χ1v) is 9.23. The van der Waals surface area contributed by atoms with Crippen molar-refractivity contribution in [2.45, 2.75) is 12.5 Å². The Balaban J connectivity index is 0.00000225. The van der Waals surface area contributed by atoms with Gasteiger partial charge in [-0.2, -0.15) is 9.78 Å². The van der Waals surface area contributed by atoms with Crippen LogP contribution < -0.4 is 10.9 Å². The average molecular weight is 408 g/mol. The SMILES string of the molecule is Cl.O=C(c1ccc(=O)n(-c2ccccc2F)n1)N1CCC(N2CCNCC2)C1. The summed E-state index contributed by atoms with van der Waals surface area (Å²) in [5.74, 6) is -0.783. The zero-order valence-corrected chi connectivity index (χ0v) is 16.2. The number of hydrogen-bond acceptors (Lipinski definition) is 5.